The van der Waals surface area contributed by atoms with Gasteiger partial charge in [0.15, 0.2) is 0 Å². The van der Waals surface area contributed by atoms with E-state index in [0.29, 0.717) is 0 Å². The fraction of sp³-hybridized carbons (Fsp3) is 0.211. The molecule has 4 rings (SSSR count). The van der Waals surface area contributed by atoms with Crippen molar-refractivity contribution in [3.05, 3.63) is 59.3 Å². The van der Waals surface area contributed by atoms with Gasteiger partial charge >= 0.3 is 0 Å². The van der Waals surface area contributed by atoms with E-state index in [2.05, 4.69) is 23.2 Å². The summed E-state index contributed by atoms with van der Waals surface area (Å²) in [6.45, 7) is 0.782. The van der Waals surface area contributed by atoms with Gasteiger partial charge in [-0.15, -0.1) is 0 Å². The molecule has 2 heterocycles. The van der Waals surface area contributed by atoms with Crippen molar-refractivity contribution in [2.45, 2.75) is 6.42 Å². The Morgan fingerprint density at radius 2 is 1.91 bits per heavy atom. The predicted molar refractivity (Wildman–Crippen MR) is 92.1 cm³/mol. The molecule has 1 aliphatic rings. The first-order chi connectivity index (χ1) is 11.3. The molecule has 0 fully saturated rings. The Morgan fingerprint density at radius 1 is 1.04 bits per heavy atom. The van der Waals surface area contributed by atoms with Crippen molar-refractivity contribution in [1.29, 1.82) is 0 Å². The minimum absolute atomic E-state index is 0.782. The van der Waals surface area contributed by atoms with Crippen molar-refractivity contribution in [1.82, 2.24) is 4.98 Å². The zero-order chi connectivity index (χ0) is 15.8. The number of methoxy groups -OCH3 is 2. The largest absolute Gasteiger partial charge is 0.497 e. The minimum Gasteiger partial charge on any atom is -0.497 e. The van der Waals surface area contributed by atoms with E-state index in [1.165, 1.54) is 10.9 Å². The van der Waals surface area contributed by atoms with Gasteiger partial charge in [-0.25, -0.2) is 0 Å². The molecule has 3 aromatic rings. The summed E-state index contributed by atoms with van der Waals surface area (Å²) < 4.78 is 10.9. The van der Waals surface area contributed by atoms with E-state index in [4.69, 9.17) is 14.5 Å². The van der Waals surface area contributed by atoms with Gasteiger partial charge in [0.05, 0.1) is 25.6 Å². The molecular weight excluding hydrogens is 288 g/mol. The maximum atomic E-state index is 5.54. The van der Waals surface area contributed by atoms with E-state index in [9.17, 15) is 0 Å². The van der Waals surface area contributed by atoms with Crippen LogP contribution in [0, 0.1) is 0 Å². The Bertz CT molecular complexity index is 909. The summed E-state index contributed by atoms with van der Waals surface area (Å²) in [5, 5.41) is 1.27. The van der Waals surface area contributed by atoms with Crippen molar-refractivity contribution in [3.8, 4) is 11.5 Å². The number of rotatable bonds is 3. The molecule has 1 aromatic heterocycles. The number of aromatic nitrogens is 1. The molecule has 4 nitrogen and oxygen atoms in total. The highest BCUT2D eigenvalue weighted by Crippen LogP contribution is 2.32. The van der Waals surface area contributed by atoms with Gasteiger partial charge in [-0.2, -0.15) is 0 Å². The number of fused-ring (bicyclic) bond motifs is 3. The van der Waals surface area contributed by atoms with Gasteiger partial charge < -0.3 is 14.5 Å². The Balaban J connectivity index is 1.93. The van der Waals surface area contributed by atoms with Crippen LogP contribution < -0.4 is 9.47 Å². The molecule has 0 saturated heterocycles. The third-order valence-electron chi connectivity index (χ3n) is 4.34. The number of ether oxygens (including phenoxy) is 2. The summed E-state index contributed by atoms with van der Waals surface area (Å²) in [7, 11) is 3.35. The Hall–Kier alpha value is -2.75. The molecule has 0 unspecified atom stereocenters. The molecule has 0 bridgehead atoms. The summed E-state index contributed by atoms with van der Waals surface area (Å²) in [5.41, 5.74) is 5.46. The molecule has 4 heteroatoms. The maximum Gasteiger partial charge on any atom is 0.128 e. The van der Waals surface area contributed by atoms with Gasteiger partial charge in [0, 0.05) is 23.0 Å². The van der Waals surface area contributed by atoms with E-state index in [0.717, 1.165) is 47.0 Å². The van der Waals surface area contributed by atoms with Gasteiger partial charge in [-0.1, -0.05) is 18.2 Å². The number of aliphatic imine (C=N–C) groups is 1. The lowest BCUT2D eigenvalue weighted by molar-refractivity contribution is 0.402. The van der Waals surface area contributed by atoms with Crippen molar-refractivity contribution in [3.63, 3.8) is 0 Å². The summed E-state index contributed by atoms with van der Waals surface area (Å²) >= 11 is 0. The Morgan fingerprint density at radius 3 is 2.74 bits per heavy atom. The van der Waals surface area contributed by atoms with Crippen LogP contribution in [0.1, 0.15) is 16.8 Å². The van der Waals surface area contributed by atoms with Crippen LogP contribution in [0.15, 0.2) is 47.5 Å². The van der Waals surface area contributed by atoms with Gasteiger partial charge in [0.25, 0.3) is 0 Å². The second kappa shape index (κ2) is 5.47. The van der Waals surface area contributed by atoms with Gasteiger partial charge in [0.1, 0.15) is 11.5 Å². The minimum atomic E-state index is 0.782. The lowest BCUT2D eigenvalue weighted by atomic mass is 9.97. The second-order valence-corrected chi connectivity index (χ2v) is 5.57. The molecule has 0 spiro atoms. The number of aromatic amines is 1. The first-order valence-electron chi connectivity index (χ1n) is 7.68. The summed E-state index contributed by atoms with van der Waals surface area (Å²) in [4.78, 5) is 8.30. The Kier molecular flexibility index (Phi) is 3.30. The third-order valence-corrected chi connectivity index (χ3v) is 4.34. The molecule has 0 radical (unpaired) electrons. The summed E-state index contributed by atoms with van der Waals surface area (Å²) in [5.74, 6) is 1.60. The van der Waals surface area contributed by atoms with Crippen molar-refractivity contribution in [2.24, 2.45) is 4.99 Å². The highest BCUT2D eigenvalue weighted by atomic mass is 16.5. The zero-order valence-corrected chi connectivity index (χ0v) is 13.2. The fourth-order valence-electron chi connectivity index (χ4n) is 3.24. The van der Waals surface area contributed by atoms with E-state index in [1.54, 1.807) is 14.2 Å². The van der Waals surface area contributed by atoms with Crippen LogP contribution in [0.25, 0.3) is 10.9 Å². The summed E-state index contributed by atoms with van der Waals surface area (Å²) in [6, 6.07) is 14.2. The molecule has 0 amide bonds. The molecule has 0 atom stereocenters. The van der Waals surface area contributed by atoms with E-state index < -0.39 is 0 Å². The highest BCUT2D eigenvalue weighted by molar-refractivity contribution is 6.17. The van der Waals surface area contributed by atoms with Crippen LogP contribution in [0.4, 0.5) is 0 Å². The van der Waals surface area contributed by atoms with Gasteiger partial charge in [-0.3, -0.25) is 4.99 Å². The molecule has 2 aromatic carbocycles. The molecule has 116 valence electrons. The molecule has 0 aliphatic carbocycles. The third kappa shape index (κ3) is 2.18. The molecule has 1 N–H and O–H groups in total. The first kappa shape index (κ1) is 13.9. The number of para-hydroxylation sites is 1. The topological polar surface area (TPSA) is 46.6 Å². The van der Waals surface area contributed by atoms with Crippen LogP contribution in [-0.2, 0) is 6.42 Å². The van der Waals surface area contributed by atoms with Crippen LogP contribution in [-0.4, -0.2) is 31.5 Å². The Labute approximate surface area is 134 Å². The average molecular weight is 306 g/mol. The van der Waals surface area contributed by atoms with E-state index in [1.807, 2.05) is 24.3 Å². The van der Waals surface area contributed by atoms with Crippen molar-refractivity contribution >= 4 is 16.6 Å². The van der Waals surface area contributed by atoms with Crippen LogP contribution >= 0.6 is 0 Å². The van der Waals surface area contributed by atoms with E-state index in [-0.39, 0.29) is 0 Å². The number of hydrogen-bond donors (Lipinski definition) is 1. The number of hydrogen-bond acceptors (Lipinski definition) is 3. The SMILES string of the molecule is COc1ccc(OC)c(C2=NCCc3c2[nH]c2ccccc32)c1. The predicted octanol–water partition coefficient (Wildman–Crippen LogP) is 3.58. The molecule has 1 aliphatic heterocycles. The van der Waals surface area contributed by atoms with Crippen LogP contribution in [0.5, 0.6) is 11.5 Å². The smallest absolute Gasteiger partial charge is 0.128 e. The summed E-state index contributed by atoms with van der Waals surface area (Å²) in [6.07, 6.45) is 0.954. The van der Waals surface area contributed by atoms with E-state index >= 15 is 0 Å². The second-order valence-electron chi connectivity index (χ2n) is 5.57. The molecular formula is C19H18N2O2. The van der Waals surface area contributed by atoms with Gasteiger partial charge in [0.2, 0.25) is 0 Å². The monoisotopic (exact) mass is 306 g/mol. The van der Waals surface area contributed by atoms with Gasteiger partial charge in [-0.05, 0) is 36.2 Å². The number of H-pyrrole nitrogens is 1. The lowest BCUT2D eigenvalue weighted by Gasteiger charge is -2.17. The lowest BCUT2D eigenvalue weighted by Crippen LogP contribution is -2.14. The van der Waals surface area contributed by atoms with Crippen LogP contribution in [0.3, 0.4) is 0 Å². The molecule has 23 heavy (non-hydrogen) atoms. The maximum absolute atomic E-state index is 5.54. The quantitative estimate of drug-likeness (QED) is 0.804. The normalized spacial score (nSPS) is 13.6. The zero-order valence-electron chi connectivity index (χ0n) is 13.2. The highest BCUT2D eigenvalue weighted by Gasteiger charge is 2.23. The van der Waals surface area contributed by atoms with Crippen molar-refractivity contribution in [2.75, 3.05) is 20.8 Å². The van der Waals surface area contributed by atoms with Crippen molar-refractivity contribution < 1.29 is 9.47 Å². The fourth-order valence-corrected chi connectivity index (χ4v) is 3.24. The number of nitrogens with zero attached hydrogens (tertiary/aromatic N) is 1. The number of nitrogens with one attached hydrogen (secondary N) is 1. The average Bonchev–Trinajstić information content (AvgIpc) is 3.00. The van der Waals surface area contributed by atoms with Crippen LogP contribution in [0.2, 0.25) is 0 Å². The standard InChI is InChI=1S/C19H18N2O2/c1-22-12-7-8-17(23-2)15(11-12)18-19-14(9-10-20-18)13-5-3-4-6-16(13)21-19/h3-8,11,21H,9-10H2,1-2H3. The molecule has 0 saturated carbocycles. The first-order valence-corrected chi connectivity index (χ1v) is 7.68. The number of benzene rings is 2.